The highest BCUT2D eigenvalue weighted by Gasteiger charge is 2.48. The zero-order chi connectivity index (χ0) is 34.4. The van der Waals surface area contributed by atoms with E-state index in [2.05, 4.69) is 11.1 Å². The zero-order valence-electron chi connectivity index (χ0n) is 27.0. The van der Waals surface area contributed by atoms with Gasteiger partial charge in [-0.15, -0.1) is 0 Å². The molecule has 48 heavy (non-hydrogen) atoms. The molecule has 0 bridgehead atoms. The number of aliphatic hydroxyl groups is 5. The van der Waals surface area contributed by atoms with E-state index in [9.17, 15) is 25.2 Å². The molecule has 3 aromatic rings. The molecule has 4 unspecified atom stereocenters. The van der Waals surface area contributed by atoms with Crippen LogP contribution in [0.2, 0.25) is 10.0 Å². The number of unbranched alkanes of at least 4 members (excludes halogenated alkanes) is 1. The third-order valence-electron chi connectivity index (χ3n) is 9.06. The fourth-order valence-corrected chi connectivity index (χ4v) is 6.32. The molecule has 2 saturated carbocycles. The number of pyridine rings is 1. The Balaban J connectivity index is 1.17. The SMILES string of the molecule is CCN(CCCCc1cc(Cl)c(COC2(c3cnccc3-c3ccccc3OC3CC3)CC2)cc1Cl)C(=O)C(O)C(O)C(O)C(O)CO. The van der Waals surface area contributed by atoms with E-state index in [4.69, 9.17) is 37.8 Å². The van der Waals surface area contributed by atoms with Crippen molar-refractivity contribution in [3.63, 3.8) is 0 Å². The Bertz CT molecular complexity index is 1550. The molecule has 260 valence electrons. The number of para-hydroxylation sites is 1. The number of nitrogens with zero attached hydrogens (tertiary/aromatic N) is 2. The molecule has 2 aromatic carbocycles. The Morgan fingerprint density at radius 3 is 2.40 bits per heavy atom. The average Bonchev–Trinajstić information content (AvgIpc) is 4.05. The number of ether oxygens (including phenoxy) is 2. The molecule has 2 aliphatic rings. The van der Waals surface area contributed by atoms with Crippen LogP contribution in [0.15, 0.2) is 54.9 Å². The van der Waals surface area contributed by atoms with Crippen LogP contribution >= 0.6 is 23.2 Å². The van der Waals surface area contributed by atoms with Gasteiger partial charge in [-0.2, -0.15) is 0 Å². The molecule has 2 aliphatic carbocycles. The number of carbonyl (C=O) groups is 1. The summed E-state index contributed by atoms with van der Waals surface area (Å²) in [6.07, 6.45) is 2.24. The van der Waals surface area contributed by atoms with Gasteiger partial charge in [0.15, 0.2) is 6.10 Å². The van der Waals surface area contributed by atoms with Gasteiger partial charge in [0.25, 0.3) is 5.91 Å². The van der Waals surface area contributed by atoms with Gasteiger partial charge < -0.3 is 39.9 Å². The van der Waals surface area contributed by atoms with Gasteiger partial charge in [-0.3, -0.25) is 9.78 Å². The summed E-state index contributed by atoms with van der Waals surface area (Å²) >= 11 is 13.4. The Kier molecular flexibility index (Phi) is 12.4. The first kappa shape index (κ1) is 36.5. The van der Waals surface area contributed by atoms with Crippen molar-refractivity contribution < 1.29 is 39.8 Å². The summed E-state index contributed by atoms with van der Waals surface area (Å²) in [7, 11) is 0. The normalized spacial score (nSPS) is 17.8. The summed E-state index contributed by atoms with van der Waals surface area (Å²) < 4.78 is 12.8. The number of hydrogen-bond acceptors (Lipinski definition) is 9. The number of halogens is 2. The number of aryl methyl sites for hydroxylation is 1. The summed E-state index contributed by atoms with van der Waals surface area (Å²) in [6.45, 7) is 1.75. The molecule has 5 N–H and O–H groups in total. The van der Waals surface area contributed by atoms with Crippen molar-refractivity contribution in [2.24, 2.45) is 0 Å². The van der Waals surface area contributed by atoms with Crippen LogP contribution in [-0.2, 0) is 28.2 Å². The predicted octanol–water partition coefficient (Wildman–Crippen LogP) is 4.41. The summed E-state index contributed by atoms with van der Waals surface area (Å²) in [4.78, 5) is 18.5. The van der Waals surface area contributed by atoms with E-state index < -0.39 is 42.5 Å². The monoisotopic (exact) mass is 702 g/mol. The highest BCUT2D eigenvalue weighted by atomic mass is 35.5. The third kappa shape index (κ3) is 8.67. The van der Waals surface area contributed by atoms with E-state index >= 15 is 0 Å². The van der Waals surface area contributed by atoms with Crippen LogP contribution in [0.3, 0.4) is 0 Å². The summed E-state index contributed by atoms with van der Waals surface area (Å²) in [5.41, 5.74) is 4.26. The van der Waals surface area contributed by atoms with E-state index in [-0.39, 0.29) is 19.3 Å². The van der Waals surface area contributed by atoms with Gasteiger partial charge in [0.05, 0.1) is 24.9 Å². The Hall–Kier alpha value is -2.80. The van der Waals surface area contributed by atoms with Crippen LogP contribution in [0.1, 0.15) is 62.1 Å². The predicted molar refractivity (Wildman–Crippen MR) is 182 cm³/mol. The molecule has 1 aromatic heterocycles. The highest BCUT2D eigenvalue weighted by molar-refractivity contribution is 6.34. The molecule has 12 heteroatoms. The van der Waals surface area contributed by atoms with Crippen molar-refractivity contribution in [2.75, 3.05) is 19.7 Å². The van der Waals surface area contributed by atoms with Gasteiger partial charge in [0, 0.05) is 46.7 Å². The lowest BCUT2D eigenvalue weighted by Gasteiger charge is -2.29. The molecule has 4 atom stereocenters. The minimum absolute atomic E-state index is 0.269. The summed E-state index contributed by atoms with van der Waals surface area (Å²) in [5, 5.41) is 49.8. The smallest absolute Gasteiger partial charge is 0.254 e. The fourth-order valence-electron chi connectivity index (χ4n) is 5.80. The average molecular weight is 704 g/mol. The number of hydrogen-bond donors (Lipinski definition) is 5. The number of rotatable bonds is 18. The Morgan fingerprint density at radius 1 is 1.00 bits per heavy atom. The molecule has 1 heterocycles. The lowest BCUT2D eigenvalue weighted by atomic mass is 9.96. The van der Waals surface area contributed by atoms with Crippen molar-refractivity contribution in [2.45, 2.75) is 94.6 Å². The van der Waals surface area contributed by atoms with Crippen LogP contribution in [0.4, 0.5) is 0 Å². The number of aliphatic hydroxyl groups excluding tert-OH is 5. The molecular weight excluding hydrogens is 659 g/mol. The second-order valence-electron chi connectivity index (χ2n) is 12.6. The van der Waals surface area contributed by atoms with Gasteiger partial charge >= 0.3 is 0 Å². The Morgan fingerprint density at radius 2 is 1.71 bits per heavy atom. The number of likely N-dealkylation sites (N-methyl/N-ethyl adjacent to an activating group) is 1. The third-order valence-corrected chi connectivity index (χ3v) is 9.76. The maximum Gasteiger partial charge on any atom is 0.254 e. The van der Waals surface area contributed by atoms with Crippen molar-refractivity contribution in [1.82, 2.24) is 9.88 Å². The molecule has 2 fully saturated rings. The number of carbonyl (C=O) groups excluding carboxylic acids is 1. The first-order valence-electron chi connectivity index (χ1n) is 16.5. The molecule has 0 radical (unpaired) electrons. The number of aromatic nitrogens is 1. The van der Waals surface area contributed by atoms with Crippen LogP contribution < -0.4 is 4.74 Å². The highest BCUT2D eigenvalue weighted by Crippen LogP contribution is 2.53. The number of amides is 1. The van der Waals surface area contributed by atoms with Gasteiger partial charge in [0.2, 0.25) is 0 Å². The van der Waals surface area contributed by atoms with Crippen molar-refractivity contribution in [1.29, 1.82) is 0 Å². The maximum atomic E-state index is 12.7. The molecule has 0 aliphatic heterocycles. The van der Waals surface area contributed by atoms with E-state index in [1.807, 2.05) is 42.6 Å². The van der Waals surface area contributed by atoms with E-state index in [0.29, 0.717) is 35.9 Å². The summed E-state index contributed by atoms with van der Waals surface area (Å²) in [5.74, 6) is 0.0936. The topological polar surface area (TPSA) is 153 Å². The quantitative estimate of drug-likeness (QED) is 0.121. The first-order chi connectivity index (χ1) is 23.1. The van der Waals surface area contributed by atoms with Crippen LogP contribution in [0.25, 0.3) is 11.1 Å². The molecule has 0 spiro atoms. The lowest BCUT2D eigenvalue weighted by molar-refractivity contribution is -0.158. The fraction of sp³-hybridized carbons (Fsp3) is 0.500. The molecule has 0 saturated heterocycles. The second kappa shape index (κ2) is 16.3. The number of benzene rings is 2. The van der Waals surface area contributed by atoms with Gasteiger partial charge in [-0.05, 0) is 92.8 Å². The standard InChI is InChI=1S/C36H44Cl2N2O8/c1-2-40(35(46)34(45)33(44)32(43)30(42)20-41)16-6-5-7-22-17-29(38)23(18-28(22)37)21-47-36(13-14-36)27-19-39-15-12-25(27)26-8-3-4-9-31(26)48-24-10-11-24/h3-4,8-9,12,15,17-19,24,30,32-34,41-45H,2,5-7,10-11,13-14,16,20-21H2,1H3. The van der Waals surface area contributed by atoms with Crippen LogP contribution in [0.5, 0.6) is 5.75 Å². The van der Waals surface area contributed by atoms with Crippen molar-refractivity contribution >= 4 is 29.1 Å². The van der Waals surface area contributed by atoms with Crippen molar-refractivity contribution in [3.8, 4) is 16.9 Å². The van der Waals surface area contributed by atoms with Gasteiger partial charge in [-0.25, -0.2) is 0 Å². The molecule has 1 amide bonds. The Labute approximate surface area is 290 Å². The minimum Gasteiger partial charge on any atom is -0.490 e. The largest absolute Gasteiger partial charge is 0.490 e. The molecule has 10 nitrogen and oxygen atoms in total. The van der Waals surface area contributed by atoms with E-state index in [1.54, 1.807) is 13.1 Å². The zero-order valence-corrected chi connectivity index (χ0v) is 28.5. The van der Waals surface area contributed by atoms with Crippen LogP contribution in [-0.4, -0.2) is 91.5 Å². The van der Waals surface area contributed by atoms with Gasteiger partial charge in [0.1, 0.15) is 24.1 Å². The van der Waals surface area contributed by atoms with Crippen LogP contribution in [0, 0.1) is 0 Å². The van der Waals surface area contributed by atoms with E-state index in [0.717, 1.165) is 59.3 Å². The molecule has 5 rings (SSSR count). The minimum atomic E-state index is -1.94. The van der Waals surface area contributed by atoms with Crippen molar-refractivity contribution in [3.05, 3.63) is 81.6 Å². The molecular formula is C36H44Cl2N2O8. The second-order valence-corrected chi connectivity index (χ2v) is 13.4. The lowest BCUT2D eigenvalue weighted by Crippen LogP contribution is -2.52. The van der Waals surface area contributed by atoms with E-state index in [1.165, 1.54) is 4.90 Å². The summed E-state index contributed by atoms with van der Waals surface area (Å²) in [6, 6.07) is 13.8. The first-order valence-corrected chi connectivity index (χ1v) is 17.3. The maximum absolute atomic E-state index is 12.7. The van der Waals surface area contributed by atoms with Gasteiger partial charge in [-0.1, -0.05) is 41.4 Å².